The Kier molecular flexibility index (Phi) is 3.85. The van der Waals surface area contributed by atoms with Crippen molar-refractivity contribution in [3.8, 4) is 0 Å². The highest BCUT2D eigenvalue weighted by Gasteiger charge is 2.15. The normalized spacial score (nSPS) is 11.9. The van der Waals surface area contributed by atoms with Crippen molar-refractivity contribution in [1.82, 2.24) is 0 Å². The number of benzene rings is 1. The summed E-state index contributed by atoms with van der Waals surface area (Å²) in [4.78, 5) is 11.3. The summed E-state index contributed by atoms with van der Waals surface area (Å²) in [6.07, 6.45) is 0. The molecule has 1 unspecified atom stereocenters. The van der Waals surface area contributed by atoms with Crippen LogP contribution in [0.1, 0.15) is 29.3 Å². The third-order valence-corrected chi connectivity index (χ3v) is 2.65. The smallest absolute Gasteiger partial charge is 0.373 e. The third-order valence-electron chi connectivity index (χ3n) is 2.65. The molecule has 5 heteroatoms. The van der Waals surface area contributed by atoms with Crippen LogP contribution >= 0.6 is 0 Å². The minimum Gasteiger partial charge on any atom is -0.463 e. The van der Waals surface area contributed by atoms with Gasteiger partial charge < -0.3 is 14.5 Å². The quantitative estimate of drug-likeness (QED) is 0.859. The van der Waals surface area contributed by atoms with Gasteiger partial charge in [-0.05, 0) is 37.3 Å². The molecule has 19 heavy (non-hydrogen) atoms. The van der Waals surface area contributed by atoms with E-state index in [-0.39, 0.29) is 17.6 Å². The monoisotopic (exact) mass is 263 g/mol. The minimum absolute atomic E-state index is 0.144. The maximum Gasteiger partial charge on any atom is 0.373 e. The summed E-state index contributed by atoms with van der Waals surface area (Å²) in [6, 6.07) is 9.17. The molecule has 0 bridgehead atoms. The fraction of sp³-hybridized carbons (Fsp3) is 0.214. The molecule has 2 rings (SSSR count). The van der Waals surface area contributed by atoms with Gasteiger partial charge in [-0.2, -0.15) is 0 Å². The number of rotatable bonds is 4. The van der Waals surface area contributed by atoms with Gasteiger partial charge in [0.15, 0.2) is 0 Å². The molecule has 1 N–H and O–H groups in total. The van der Waals surface area contributed by atoms with E-state index in [1.54, 1.807) is 24.3 Å². The summed E-state index contributed by atoms with van der Waals surface area (Å²) in [6.45, 7) is 1.85. The highest BCUT2D eigenvalue weighted by Crippen LogP contribution is 2.22. The zero-order chi connectivity index (χ0) is 13.8. The van der Waals surface area contributed by atoms with Gasteiger partial charge in [-0.1, -0.05) is 6.07 Å². The Bertz CT molecular complexity index is 580. The van der Waals surface area contributed by atoms with Crippen molar-refractivity contribution in [1.29, 1.82) is 0 Å². The van der Waals surface area contributed by atoms with Crippen molar-refractivity contribution in [2.75, 3.05) is 12.4 Å². The molecule has 0 fully saturated rings. The third kappa shape index (κ3) is 3.13. The van der Waals surface area contributed by atoms with E-state index in [1.807, 2.05) is 6.92 Å². The van der Waals surface area contributed by atoms with Crippen molar-refractivity contribution in [2.45, 2.75) is 13.0 Å². The fourth-order valence-electron chi connectivity index (χ4n) is 1.70. The first-order chi connectivity index (χ1) is 9.10. The molecule has 0 radical (unpaired) electrons. The molecule has 0 aliphatic carbocycles. The molecule has 2 aromatic rings. The number of furan rings is 1. The van der Waals surface area contributed by atoms with Gasteiger partial charge in [-0.15, -0.1) is 0 Å². The van der Waals surface area contributed by atoms with Crippen LogP contribution in [0.25, 0.3) is 0 Å². The SMILES string of the molecule is COC(=O)c1ccc(C(C)Nc2cccc(F)c2)o1. The maximum atomic E-state index is 13.1. The maximum absolute atomic E-state index is 13.1. The lowest BCUT2D eigenvalue weighted by Crippen LogP contribution is -2.06. The number of methoxy groups -OCH3 is 1. The van der Waals surface area contributed by atoms with Crippen molar-refractivity contribution < 1.29 is 18.3 Å². The standard InChI is InChI=1S/C14H14FNO3/c1-9(16-11-5-3-4-10(15)8-11)12-6-7-13(19-12)14(17)18-2/h3-9,16H,1-2H3. The Hall–Kier alpha value is -2.30. The molecule has 0 saturated heterocycles. The van der Waals surface area contributed by atoms with Crippen LogP contribution < -0.4 is 5.32 Å². The van der Waals surface area contributed by atoms with Crippen molar-refractivity contribution in [3.05, 3.63) is 53.7 Å². The van der Waals surface area contributed by atoms with Crippen LogP contribution in [0.4, 0.5) is 10.1 Å². The molecule has 0 saturated carbocycles. The van der Waals surface area contributed by atoms with Gasteiger partial charge in [-0.3, -0.25) is 0 Å². The summed E-state index contributed by atoms with van der Waals surface area (Å²) in [5.41, 5.74) is 0.642. The van der Waals surface area contributed by atoms with Crippen LogP contribution in [0, 0.1) is 5.82 Å². The van der Waals surface area contributed by atoms with Gasteiger partial charge in [0.1, 0.15) is 11.6 Å². The number of esters is 1. The Morgan fingerprint density at radius 2 is 2.16 bits per heavy atom. The first-order valence-corrected chi connectivity index (χ1v) is 5.80. The van der Waals surface area contributed by atoms with Crippen molar-refractivity contribution in [3.63, 3.8) is 0 Å². The number of hydrogen-bond donors (Lipinski definition) is 1. The lowest BCUT2D eigenvalue weighted by molar-refractivity contribution is 0.0562. The van der Waals surface area contributed by atoms with Crippen LogP contribution in [-0.4, -0.2) is 13.1 Å². The minimum atomic E-state index is -0.524. The van der Waals surface area contributed by atoms with Gasteiger partial charge >= 0.3 is 5.97 Å². The Balaban J connectivity index is 2.09. The molecule has 0 aliphatic rings. The van der Waals surface area contributed by atoms with E-state index in [1.165, 1.54) is 19.2 Å². The van der Waals surface area contributed by atoms with Crippen LogP contribution in [-0.2, 0) is 4.74 Å². The van der Waals surface area contributed by atoms with E-state index in [0.717, 1.165) is 0 Å². The summed E-state index contributed by atoms with van der Waals surface area (Å²) < 4.78 is 23.0. The zero-order valence-corrected chi connectivity index (χ0v) is 10.6. The van der Waals surface area contributed by atoms with E-state index in [0.29, 0.717) is 11.4 Å². The van der Waals surface area contributed by atoms with Gasteiger partial charge in [0.05, 0.1) is 13.2 Å². The summed E-state index contributed by atoms with van der Waals surface area (Å²) in [5.74, 6) is -0.119. The molecule has 1 atom stereocenters. The van der Waals surface area contributed by atoms with E-state index >= 15 is 0 Å². The average molecular weight is 263 g/mol. The average Bonchev–Trinajstić information content (AvgIpc) is 2.87. The second kappa shape index (κ2) is 5.56. The molecular weight excluding hydrogens is 249 g/mol. The topological polar surface area (TPSA) is 51.5 Å². The zero-order valence-electron chi connectivity index (χ0n) is 10.6. The molecule has 1 heterocycles. The van der Waals surface area contributed by atoms with Crippen LogP contribution in [0.5, 0.6) is 0 Å². The molecule has 4 nitrogen and oxygen atoms in total. The van der Waals surface area contributed by atoms with Crippen molar-refractivity contribution in [2.24, 2.45) is 0 Å². The number of nitrogens with one attached hydrogen (secondary N) is 1. The fourth-order valence-corrected chi connectivity index (χ4v) is 1.70. The first kappa shape index (κ1) is 13.1. The molecule has 1 aromatic heterocycles. The first-order valence-electron chi connectivity index (χ1n) is 5.80. The summed E-state index contributed by atoms with van der Waals surface area (Å²) >= 11 is 0. The second-order valence-electron chi connectivity index (χ2n) is 4.07. The van der Waals surface area contributed by atoms with E-state index < -0.39 is 5.97 Å². The Morgan fingerprint density at radius 1 is 1.37 bits per heavy atom. The number of anilines is 1. The van der Waals surface area contributed by atoms with Gasteiger partial charge in [0.2, 0.25) is 5.76 Å². The van der Waals surface area contributed by atoms with E-state index in [9.17, 15) is 9.18 Å². The predicted octanol–water partition coefficient (Wildman–Crippen LogP) is 3.38. The van der Waals surface area contributed by atoms with Crippen LogP contribution in [0.2, 0.25) is 0 Å². The van der Waals surface area contributed by atoms with E-state index in [4.69, 9.17) is 4.42 Å². The molecule has 0 spiro atoms. The predicted molar refractivity (Wildman–Crippen MR) is 68.5 cm³/mol. The van der Waals surface area contributed by atoms with Gasteiger partial charge in [0, 0.05) is 5.69 Å². The molecular formula is C14H14FNO3. The highest BCUT2D eigenvalue weighted by molar-refractivity contribution is 5.86. The number of carbonyl (C=O) groups excluding carboxylic acids is 1. The lowest BCUT2D eigenvalue weighted by atomic mass is 10.2. The second-order valence-corrected chi connectivity index (χ2v) is 4.07. The molecule has 0 aliphatic heterocycles. The number of ether oxygens (including phenoxy) is 1. The Labute approximate surface area is 110 Å². The number of carbonyl (C=O) groups is 1. The van der Waals surface area contributed by atoms with E-state index in [2.05, 4.69) is 10.1 Å². The van der Waals surface area contributed by atoms with Gasteiger partial charge in [-0.25, -0.2) is 9.18 Å². The Morgan fingerprint density at radius 3 is 2.84 bits per heavy atom. The van der Waals surface area contributed by atoms with Crippen LogP contribution in [0.3, 0.4) is 0 Å². The number of halogens is 1. The largest absolute Gasteiger partial charge is 0.463 e. The van der Waals surface area contributed by atoms with Crippen molar-refractivity contribution >= 4 is 11.7 Å². The molecule has 1 aromatic carbocycles. The van der Waals surface area contributed by atoms with Gasteiger partial charge in [0.25, 0.3) is 0 Å². The summed E-state index contributed by atoms with van der Waals surface area (Å²) in [5, 5.41) is 3.08. The number of hydrogen-bond acceptors (Lipinski definition) is 4. The van der Waals surface area contributed by atoms with Crippen LogP contribution in [0.15, 0.2) is 40.8 Å². The molecule has 0 amide bonds. The molecule has 100 valence electrons. The summed E-state index contributed by atoms with van der Waals surface area (Å²) in [7, 11) is 1.29. The highest BCUT2D eigenvalue weighted by atomic mass is 19.1. The lowest BCUT2D eigenvalue weighted by Gasteiger charge is -2.12.